The minimum absolute atomic E-state index is 0.0362. The molecule has 3 aromatic carbocycles. The molecule has 4 rings (SSSR count). The molecule has 3 N–H and O–H groups in total. The zero-order valence-electron chi connectivity index (χ0n) is 30.6. The van der Waals surface area contributed by atoms with Crippen molar-refractivity contribution in [1.29, 1.82) is 0 Å². The summed E-state index contributed by atoms with van der Waals surface area (Å²) in [4.78, 5) is 7.50. The molecule has 6 nitrogen and oxygen atoms in total. The second-order valence-electron chi connectivity index (χ2n) is 13.0. The number of aromatic nitrogens is 1. The van der Waals surface area contributed by atoms with Crippen LogP contribution in [0.25, 0.3) is 0 Å². The SMILES string of the molecule is CCCCN(Cc1ccccc1O)c1ccc(C(O)(C(F)(F)F)C(F)(F)F)cc1.CCCCN(Cc1ccncc1)c1ccc(C(O)(C(F)(F)F)C(F)(F)F)cc1. The van der Waals surface area contributed by atoms with Gasteiger partial charge in [-0.25, -0.2) is 0 Å². The predicted molar refractivity (Wildman–Crippen MR) is 189 cm³/mol. The number of para-hydroxylation sites is 1. The van der Waals surface area contributed by atoms with E-state index in [1.54, 1.807) is 47.6 Å². The molecule has 0 saturated heterocycles. The maximum Gasteiger partial charge on any atom is 0.430 e. The number of hydrogen-bond acceptors (Lipinski definition) is 6. The molecule has 314 valence electrons. The van der Waals surface area contributed by atoms with Crippen LogP contribution >= 0.6 is 0 Å². The Balaban J connectivity index is 0.000000306. The lowest BCUT2D eigenvalue weighted by Gasteiger charge is -2.33. The second kappa shape index (κ2) is 18.7. The highest BCUT2D eigenvalue weighted by Crippen LogP contribution is 2.51. The van der Waals surface area contributed by atoms with Gasteiger partial charge in [-0.1, -0.05) is 69.2 Å². The van der Waals surface area contributed by atoms with Crippen molar-refractivity contribution in [1.82, 2.24) is 4.98 Å². The van der Waals surface area contributed by atoms with E-state index in [1.807, 2.05) is 18.7 Å². The smallest absolute Gasteiger partial charge is 0.430 e. The van der Waals surface area contributed by atoms with Gasteiger partial charge in [0, 0.05) is 66.6 Å². The van der Waals surface area contributed by atoms with E-state index in [-0.39, 0.29) is 12.3 Å². The largest absolute Gasteiger partial charge is 0.508 e. The summed E-state index contributed by atoms with van der Waals surface area (Å²) in [5, 5.41) is 28.9. The van der Waals surface area contributed by atoms with Gasteiger partial charge in [-0.15, -0.1) is 0 Å². The van der Waals surface area contributed by atoms with E-state index in [0.29, 0.717) is 60.8 Å². The first kappa shape index (κ1) is 46.7. The Bertz CT molecular complexity index is 1790. The molecule has 57 heavy (non-hydrogen) atoms. The number of anilines is 2. The summed E-state index contributed by atoms with van der Waals surface area (Å²) >= 11 is 0. The molecule has 4 aromatic rings. The summed E-state index contributed by atoms with van der Waals surface area (Å²) in [6.07, 6.45) is -17.2. The molecule has 0 amide bonds. The van der Waals surface area contributed by atoms with E-state index in [4.69, 9.17) is 0 Å². The summed E-state index contributed by atoms with van der Waals surface area (Å²) in [5.74, 6) is 0.0362. The number of phenols is 1. The van der Waals surface area contributed by atoms with Crippen molar-refractivity contribution in [3.05, 3.63) is 120 Å². The van der Waals surface area contributed by atoms with E-state index >= 15 is 0 Å². The van der Waals surface area contributed by atoms with Crippen molar-refractivity contribution < 1.29 is 68.0 Å². The lowest BCUT2D eigenvalue weighted by Crippen LogP contribution is -2.53. The average molecular weight is 828 g/mol. The highest BCUT2D eigenvalue weighted by molar-refractivity contribution is 5.51. The lowest BCUT2D eigenvalue weighted by molar-refractivity contribution is -0.376. The number of alkyl halides is 12. The van der Waals surface area contributed by atoms with Crippen molar-refractivity contribution in [2.75, 3.05) is 22.9 Å². The van der Waals surface area contributed by atoms with Gasteiger partial charge < -0.3 is 25.1 Å². The molecule has 0 radical (unpaired) electrons. The quantitative estimate of drug-likeness (QED) is 0.110. The molecule has 0 aliphatic rings. The third kappa shape index (κ3) is 11.0. The maximum absolute atomic E-state index is 13.0. The summed E-state index contributed by atoms with van der Waals surface area (Å²) < 4.78 is 156. The zero-order valence-corrected chi connectivity index (χ0v) is 30.6. The van der Waals surface area contributed by atoms with Gasteiger partial charge in [0.1, 0.15) is 5.75 Å². The van der Waals surface area contributed by atoms with Crippen LogP contribution in [0, 0.1) is 0 Å². The molecule has 0 spiro atoms. The van der Waals surface area contributed by atoms with Crippen LogP contribution in [0.15, 0.2) is 97.3 Å². The minimum Gasteiger partial charge on any atom is -0.508 e. The van der Waals surface area contributed by atoms with Crippen molar-refractivity contribution in [2.45, 2.75) is 88.5 Å². The van der Waals surface area contributed by atoms with E-state index in [1.165, 1.54) is 6.07 Å². The number of phenolic OH excluding ortho intramolecular Hbond substituents is 1. The number of aliphatic hydroxyl groups is 2. The molecule has 0 bridgehead atoms. The van der Waals surface area contributed by atoms with Crippen molar-refractivity contribution in [2.24, 2.45) is 0 Å². The van der Waals surface area contributed by atoms with Crippen LogP contribution in [-0.4, -0.2) is 58.1 Å². The zero-order chi connectivity index (χ0) is 42.9. The third-order valence-corrected chi connectivity index (χ3v) is 8.98. The van der Waals surface area contributed by atoms with Gasteiger partial charge >= 0.3 is 24.7 Å². The van der Waals surface area contributed by atoms with Gasteiger partial charge in [0.2, 0.25) is 0 Å². The monoisotopic (exact) mass is 827 g/mol. The molecular weight excluding hydrogens is 786 g/mol. The summed E-state index contributed by atoms with van der Waals surface area (Å²) in [7, 11) is 0. The Morgan fingerprint density at radius 2 is 0.877 bits per heavy atom. The van der Waals surface area contributed by atoms with Gasteiger partial charge in [0.25, 0.3) is 11.2 Å². The number of hydrogen-bond donors (Lipinski definition) is 3. The molecule has 0 fully saturated rings. The first-order valence-electron chi connectivity index (χ1n) is 17.5. The Kier molecular flexibility index (Phi) is 15.3. The maximum atomic E-state index is 13.0. The van der Waals surface area contributed by atoms with Gasteiger partial charge in [0.15, 0.2) is 0 Å². The van der Waals surface area contributed by atoms with Gasteiger partial charge in [-0.3, -0.25) is 4.98 Å². The molecule has 0 unspecified atom stereocenters. The van der Waals surface area contributed by atoms with Crippen LogP contribution < -0.4 is 9.80 Å². The average Bonchev–Trinajstić information content (AvgIpc) is 3.14. The van der Waals surface area contributed by atoms with Gasteiger partial charge in [-0.2, -0.15) is 52.7 Å². The Morgan fingerprint density at radius 3 is 1.23 bits per heavy atom. The normalized spacial score (nSPS) is 12.8. The highest BCUT2D eigenvalue weighted by Gasteiger charge is 2.72. The van der Waals surface area contributed by atoms with Crippen LogP contribution in [0.4, 0.5) is 64.1 Å². The van der Waals surface area contributed by atoms with Crippen LogP contribution in [-0.2, 0) is 24.3 Å². The third-order valence-electron chi connectivity index (χ3n) is 8.98. The van der Waals surface area contributed by atoms with E-state index in [0.717, 1.165) is 55.5 Å². The number of halogens is 12. The Morgan fingerprint density at radius 1 is 0.509 bits per heavy atom. The number of aromatic hydroxyl groups is 1. The molecule has 18 heteroatoms. The Labute approximate surface area is 321 Å². The van der Waals surface area contributed by atoms with Crippen molar-refractivity contribution >= 4 is 11.4 Å². The van der Waals surface area contributed by atoms with E-state index in [2.05, 4.69) is 4.98 Å². The number of unbranched alkanes of at least 4 members (excludes halogenated alkanes) is 2. The van der Waals surface area contributed by atoms with Crippen molar-refractivity contribution in [3.8, 4) is 5.75 Å². The van der Waals surface area contributed by atoms with Crippen LogP contribution in [0.3, 0.4) is 0 Å². The van der Waals surface area contributed by atoms with Crippen LogP contribution in [0.5, 0.6) is 5.75 Å². The van der Waals surface area contributed by atoms with Crippen LogP contribution in [0.2, 0.25) is 0 Å². The number of rotatable bonds is 14. The molecular formula is C39H41F12N3O3. The summed E-state index contributed by atoms with van der Waals surface area (Å²) in [6.45, 7) is 5.60. The summed E-state index contributed by atoms with van der Waals surface area (Å²) in [5.41, 5.74) is -10.2. The molecule has 0 aliphatic carbocycles. The highest BCUT2D eigenvalue weighted by atomic mass is 19.4. The number of pyridine rings is 1. The fourth-order valence-electron chi connectivity index (χ4n) is 5.66. The number of nitrogens with zero attached hydrogens (tertiary/aromatic N) is 3. The molecule has 1 heterocycles. The standard InChI is InChI=1S/C20H21F6NO2.C19H20F6N2O/c1-2-3-12-27(13-14-6-4-5-7-17(14)28)16-10-8-15(9-11-16)18(29,19(21,22)23)20(24,25)26;1-2-3-12-27(13-14-8-10-26-11-9-14)16-6-4-15(5-7-16)17(28,18(20,21)22)19(23,24)25/h4-11,28-29H,2-3,12-13H2,1H3;4-11,28H,2-3,12-13H2,1H3. The first-order chi connectivity index (χ1) is 26.4. The van der Waals surface area contributed by atoms with Gasteiger partial charge in [-0.05, 0) is 60.9 Å². The van der Waals surface area contributed by atoms with Crippen LogP contribution in [0.1, 0.15) is 61.8 Å². The minimum atomic E-state index is -5.93. The van der Waals surface area contributed by atoms with E-state index in [9.17, 15) is 68.0 Å². The van der Waals surface area contributed by atoms with Crippen molar-refractivity contribution in [3.63, 3.8) is 0 Å². The second-order valence-corrected chi connectivity index (χ2v) is 13.0. The number of benzene rings is 3. The Hall–Kier alpha value is -4.71. The molecule has 0 aliphatic heterocycles. The van der Waals surface area contributed by atoms with Gasteiger partial charge in [0.05, 0.1) is 0 Å². The summed E-state index contributed by atoms with van der Waals surface area (Å²) in [6, 6.07) is 17.2. The topological polar surface area (TPSA) is 80.1 Å². The predicted octanol–water partition coefficient (Wildman–Crippen LogP) is 10.7. The fraction of sp³-hybridized carbons (Fsp3) is 0.410. The fourth-order valence-corrected chi connectivity index (χ4v) is 5.66. The molecule has 0 saturated carbocycles. The lowest BCUT2D eigenvalue weighted by atomic mass is 9.92. The molecule has 0 atom stereocenters. The first-order valence-corrected chi connectivity index (χ1v) is 17.5. The molecule has 1 aromatic heterocycles. The van der Waals surface area contributed by atoms with E-state index < -0.39 is 47.0 Å².